The molecule has 0 bridgehead atoms. The number of amides is 1. The number of hydrogen-bond donors (Lipinski definition) is 0. The molecule has 0 aliphatic carbocycles. The van der Waals surface area contributed by atoms with Crippen molar-refractivity contribution in [3.63, 3.8) is 0 Å². The van der Waals surface area contributed by atoms with Crippen LogP contribution < -0.4 is 10.3 Å². The average molecular weight is 338 g/mol. The molecule has 3 rings (SSSR count). The Balaban J connectivity index is 1.99. The number of rotatable bonds is 5. The molecule has 0 radical (unpaired) electrons. The Bertz CT molecular complexity index is 815. The summed E-state index contributed by atoms with van der Waals surface area (Å²) in [7, 11) is 0. The number of aromatic nitrogens is 1. The predicted octanol–water partition coefficient (Wildman–Crippen LogP) is 2.87. The van der Waals surface area contributed by atoms with Crippen LogP contribution in [0.3, 0.4) is 0 Å². The van der Waals surface area contributed by atoms with Crippen molar-refractivity contribution >= 4 is 17.7 Å². The summed E-state index contributed by atoms with van der Waals surface area (Å²) < 4.78 is 6.86. The van der Waals surface area contributed by atoms with Crippen molar-refractivity contribution in [1.29, 1.82) is 0 Å². The molecule has 0 atom stereocenters. The van der Waals surface area contributed by atoms with Crippen LogP contribution in [0.5, 0.6) is 5.75 Å². The van der Waals surface area contributed by atoms with E-state index in [9.17, 15) is 9.59 Å². The summed E-state index contributed by atoms with van der Waals surface area (Å²) in [5.41, 5.74) is 1.01. The molecule has 0 N–H and O–H groups in total. The summed E-state index contributed by atoms with van der Waals surface area (Å²) in [5.74, 6) is 0.670. The zero-order chi connectivity index (χ0) is 17.6. The number of ether oxygens (including phenoxy) is 1. The minimum absolute atomic E-state index is 0.111. The van der Waals surface area contributed by atoms with Gasteiger partial charge >= 0.3 is 0 Å². The molecule has 130 valence electrons. The molecule has 1 aliphatic heterocycles. The number of carbonyl (C=O) groups excluding carboxylic acids is 1. The molecule has 1 aliphatic rings. The largest absolute Gasteiger partial charge is 0.494 e. The Morgan fingerprint density at radius 2 is 1.84 bits per heavy atom. The topological polar surface area (TPSA) is 51.5 Å². The van der Waals surface area contributed by atoms with E-state index in [1.54, 1.807) is 29.3 Å². The van der Waals surface area contributed by atoms with Crippen LogP contribution in [0.25, 0.3) is 11.8 Å². The molecule has 1 aromatic carbocycles. The molecule has 1 fully saturated rings. The van der Waals surface area contributed by atoms with Gasteiger partial charge in [-0.05, 0) is 49.6 Å². The lowest BCUT2D eigenvalue weighted by Crippen LogP contribution is -2.33. The molecule has 5 heteroatoms. The fraction of sp³-hybridized carbons (Fsp3) is 0.300. The molecule has 2 aromatic rings. The summed E-state index contributed by atoms with van der Waals surface area (Å²) in [6.07, 6.45) is 5.41. The van der Waals surface area contributed by atoms with Gasteiger partial charge in [0.15, 0.2) is 0 Å². The summed E-state index contributed by atoms with van der Waals surface area (Å²) in [6, 6.07) is 12.4. The van der Waals surface area contributed by atoms with Gasteiger partial charge in [-0.2, -0.15) is 0 Å². The predicted molar refractivity (Wildman–Crippen MR) is 98.3 cm³/mol. The van der Waals surface area contributed by atoms with Gasteiger partial charge in [0.25, 0.3) is 11.5 Å². The van der Waals surface area contributed by atoms with Crippen molar-refractivity contribution in [2.45, 2.75) is 19.8 Å². The highest BCUT2D eigenvalue weighted by molar-refractivity contribution is 6.18. The van der Waals surface area contributed by atoms with Gasteiger partial charge in [-0.3, -0.25) is 14.2 Å². The molecule has 2 heterocycles. The lowest BCUT2D eigenvalue weighted by Gasteiger charge is -2.18. The second-order valence-electron chi connectivity index (χ2n) is 5.94. The zero-order valence-corrected chi connectivity index (χ0v) is 14.4. The molecule has 25 heavy (non-hydrogen) atoms. The Labute approximate surface area is 147 Å². The molecule has 5 nitrogen and oxygen atoms in total. The number of pyridine rings is 1. The van der Waals surface area contributed by atoms with E-state index in [0.717, 1.165) is 37.2 Å². The Morgan fingerprint density at radius 1 is 1.12 bits per heavy atom. The first-order valence-electron chi connectivity index (χ1n) is 8.61. The highest BCUT2D eigenvalue weighted by Gasteiger charge is 2.23. The molecular weight excluding hydrogens is 316 g/mol. The maximum Gasteiger partial charge on any atom is 0.270 e. The van der Waals surface area contributed by atoms with E-state index in [4.69, 9.17) is 4.74 Å². The van der Waals surface area contributed by atoms with Gasteiger partial charge in [0, 0.05) is 25.4 Å². The first-order chi connectivity index (χ1) is 12.2. The molecule has 1 saturated heterocycles. The Morgan fingerprint density at radius 3 is 2.48 bits per heavy atom. The van der Waals surface area contributed by atoms with Gasteiger partial charge in [-0.25, -0.2) is 0 Å². The van der Waals surface area contributed by atoms with Crippen molar-refractivity contribution in [2.24, 2.45) is 0 Å². The third kappa shape index (κ3) is 3.99. The number of likely N-dealkylation sites (tertiary alicyclic amines) is 1. The normalized spacial score (nSPS) is 14.6. The van der Waals surface area contributed by atoms with Gasteiger partial charge in [0.1, 0.15) is 11.4 Å². The highest BCUT2D eigenvalue weighted by Crippen LogP contribution is 2.19. The molecule has 1 aromatic heterocycles. The number of benzene rings is 1. The van der Waals surface area contributed by atoms with Crippen molar-refractivity contribution in [3.8, 4) is 5.75 Å². The maximum absolute atomic E-state index is 12.9. The Kier molecular flexibility index (Phi) is 5.33. The van der Waals surface area contributed by atoms with Crippen molar-refractivity contribution in [3.05, 3.63) is 64.6 Å². The van der Waals surface area contributed by atoms with Crippen LogP contribution in [0, 0.1) is 0 Å². The fourth-order valence-electron chi connectivity index (χ4n) is 2.93. The highest BCUT2D eigenvalue weighted by atomic mass is 16.5. The quantitative estimate of drug-likeness (QED) is 0.788. The fourth-order valence-corrected chi connectivity index (χ4v) is 2.93. The standard InChI is InChI=1S/C20H22N2O3/c1-2-25-17-10-8-16(9-11-17)15-18(20(24)21-12-5-6-13-21)22-14-4-3-7-19(22)23/h3-4,7-11,14-15H,2,5-6,12-13H2,1H3. The van der Waals surface area contributed by atoms with Crippen LogP contribution >= 0.6 is 0 Å². The first kappa shape index (κ1) is 17.0. The lowest BCUT2D eigenvalue weighted by atomic mass is 10.1. The second kappa shape index (κ2) is 7.83. The number of hydrogen-bond acceptors (Lipinski definition) is 3. The minimum atomic E-state index is -0.216. The van der Waals surface area contributed by atoms with Gasteiger partial charge in [-0.1, -0.05) is 18.2 Å². The smallest absolute Gasteiger partial charge is 0.270 e. The molecule has 1 amide bonds. The first-order valence-corrected chi connectivity index (χ1v) is 8.61. The van der Waals surface area contributed by atoms with Gasteiger partial charge in [-0.15, -0.1) is 0 Å². The van der Waals surface area contributed by atoms with E-state index >= 15 is 0 Å². The van der Waals surface area contributed by atoms with Gasteiger partial charge < -0.3 is 9.64 Å². The second-order valence-corrected chi connectivity index (χ2v) is 5.94. The van der Waals surface area contributed by atoms with E-state index in [0.29, 0.717) is 12.3 Å². The summed E-state index contributed by atoms with van der Waals surface area (Å²) in [6.45, 7) is 4.01. The minimum Gasteiger partial charge on any atom is -0.494 e. The van der Waals surface area contributed by atoms with E-state index < -0.39 is 0 Å². The van der Waals surface area contributed by atoms with E-state index in [2.05, 4.69) is 0 Å². The number of nitrogens with zero attached hydrogens (tertiary/aromatic N) is 2. The summed E-state index contributed by atoms with van der Waals surface area (Å²) >= 11 is 0. The molecule has 0 unspecified atom stereocenters. The Hall–Kier alpha value is -2.82. The summed E-state index contributed by atoms with van der Waals surface area (Å²) in [4.78, 5) is 27.0. The molecular formula is C20H22N2O3. The monoisotopic (exact) mass is 338 g/mol. The molecule has 0 saturated carbocycles. The lowest BCUT2D eigenvalue weighted by molar-refractivity contribution is -0.124. The van der Waals surface area contributed by atoms with Crippen molar-refractivity contribution < 1.29 is 9.53 Å². The third-order valence-corrected chi connectivity index (χ3v) is 4.19. The SMILES string of the molecule is CCOc1ccc(C=C(C(=O)N2CCCC2)n2ccccc2=O)cc1. The van der Waals surface area contributed by atoms with Crippen LogP contribution in [0.4, 0.5) is 0 Å². The van der Waals surface area contributed by atoms with Gasteiger partial charge in [0.2, 0.25) is 0 Å². The zero-order valence-electron chi connectivity index (χ0n) is 14.4. The van der Waals surface area contributed by atoms with E-state index in [-0.39, 0.29) is 11.5 Å². The van der Waals surface area contributed by atoms with Crippen LogP contribution in [-0.2, 0) is 4.79 Å². The number of carbonyl (C=O) groups is 1. The van der Waals surface area contributed by atoms with Crippen LogP contribution in [0.2, 0.25) is 0 Å². The summed E-state index contributed by atoms with van der Waals surface area (Å²) in [5, 5.41) is 0. The van der Waals surface area contributed by atoms with Gasteiger partial charge in [0.05, 0.1) is 6.61 Å². The van der Waals surface area contributed by atoms with Crippen LogP contribution in [0.15, 0.2) is 53.5 Å². The van der Waals surface area contributed by atoms with Crippen LogP contribution in [-0.4, -0.2) is 35.1 Å². The van der Waals surface area contributed by atoms with Crippen LogP contribution in [0.1, 0.15) is 25.3 Å². The van der Waals surface area contributed by atoms with Crippen molar-refractivity contribution in [1.82, 2.24) is 9.47 Å². The third-order valence-electron chi connectivity index (χ3n) is 4.19. The van der Waals surface area contributed by atoms with E-state index in [1.807, 2.05) is 31.2 Å². The van der Waals surface area contributed by atoms with Crippen molar-refractivity contribution in [2.75, 3.05) is 19.7 Å². The van der Waals surface area contributed by atoms with E-state index in [1.165, 1.54) is 10.6 Å². The average Bonchev–Trinajstić information content (AvgIpc) is 3.16. The molecule has 0 spiro atoms. The maximum atomic E-state index is 12.9.